The van der Waals surface area contributed by atoms with Crippen LogP contribution in [0.4, 0.5) is 4.79 Å². The molecule has 0 aliphatic carbocycles. The fraction of sp³-hybridized carbons (Fsp3) is 0.167. The van der Waals surface area contributed by atoms with Gasteiger partial charge in [-0.2, -0.15) is 5.10 Å². The molecule has 3 rings (SSSR count). The predicted octanol–water partition coefficient (Wildman–Crippen LogP) is 2.80. The molecule has 0 spiro atoms. The van der Waals surface area contributed by atoms with E-state index < -0.39 is 0 Å². The van der Waals surface area contributed by atoms with Crippen LogP contribution < -0.4 is 15.4 Å². The quantitative estimate of drug-likeness (QED) is 0.626. The van der Waals surface area contributed by atoms with Gasteiger partial charge in [-0.1, -0.05) is 11.6 Å². The Morgan fingerprint density at radius 1 is 1.15 bits per heavy atom. The second kappa shape index (κ2) is 8.87. The second-order valence-corrected chi connectivity index (χ2v) is 5.82. The second-order valence-electron chi connectivity index (χ2n) is 5.38. The number of carbonyl (C=O) groups excluding carboxylic acids is 1. The Morgan fingerprint density at radius 3 is 2.77 bits per heavy atom. The Labute approximate surface area is 156 Å². The molecule has 1 aromatic carbocycles. The zero-order valence-corrected chi connectivity index (χ0v) is 14.7. The number of carbonyl (C=O) groups is 1. The van der Waals surface area contributed by atoms with Crippen LogP contribution in [0, 0.1) is 0 Å². The molecule has 0 unspecified atom stereocenters. The Kier molecular flexibility index (Phi) is 6.05. The van der Waals surface area contributed by atoms with E-state index in [1.165, 1.54) is 0 Å². The molecular weight excluding hydrogens is 354 g/mol. The van der Waals surface area contributed by atoms with E-state index in [0.717, 1.165) is 5.56 Å². The van der Waals surface area contributed by atoms with Crippen LogP contribution in [-0.4, -0.2) is 33.9 Å². The number of hydrogen-bond donors (Lipinski definition) is 2. The van der Waals surface area contributed by atoms with Gasteiger partial charge in [0.2, 0.25) is 0 Å². The van der Waals surface area contributed by atoms with Crippen LogP contribution in [0.1, 0.15) is 5.56 Å². The lowest BCUT2D eigenvalue weighted by atomic mass is 10.2. The first-order chi connectivity index (χ1) is 12.7. The van der Waals surface area contributed by atoms with E-state index in [0.29, 0.717) is 36.3 Å². The van der Waals surface area contributed by atoms with Gasteiger partial charge in [0, 0.05) is 30.2 Å². The average Bonchev–Trinajstić information content (AvgIpc) is 3.20. The molecule has 26 heavy (non-hydrogen) atoms. The number of halogens is 1. The summed E-state index contributed by atoms with van der Waals surface area (Å²) in [6.45, 7) is 1.15. The molecule has 0 saturated carbocycles. The van der Waals surface area contributed by atoms with Crippen LogP contribution in [0.2, 0.25) is 5.02 Å². The van der Waals surface area contributed by atoms with E-state index in [1.54, 1.807) is 41.3 Å². The lowest BCUT2D eigenvalue weighted by Crippen LogP contribution is -2.37. The molecule has 0 radical (unpaired) electrons. The molecule has 0 fully saturated rings. The van der Waals surface area contributed by atoms with Crippen molar-refractivity contribution < 1.29 is 9.53 Å². The zero-order valence-electron chi connectivity index (χ0n) is 13.9. The summed E-state index contributed by atoms with van der Waals surface area (Å²) in [5.74, 6) is 1.41. The van der Waals surface area contributed by atoms with E-state index in [9.17, 15) is 4.79 Å². The molecule has 2 amide bonds. The van der Waals surface area contributed by atoms with Gasteiger partial charge in [0.15, 0.2) is 5.82 Å². The van der Waals surface area contributed by atoms with Crippen molar-refractivity contribution in [1.82, 2.24) is 25.4 Å². The maximum absolute atomic E-state index is 11.9. The topological polar surface area (TPSA) is 81.1 Å². The number of nitrogens with one attached hydrogen (secondary N) is 2. The Bertz CT molecular complexity index is 837. The molecule has 2 aromatic heterocycles. The van der Waals surface area contributed by atoms with E-state index >= 15 is 0 Å². The smallest absolute Gasteiger partial charge is 0.315 e. The number of pyridine rings is 1. The van der Waals surface area contributed by atoms with E-state index in [1.807, 2.05) is 24.4 Å². The third kappa shape index (κ3) is 5.22. The van der Waals surface area contributed by atoms with Crippen LogP contribution in [0.25, 0.3) is 5.82 Å². The minimum Gasteiger partial charge on any atom is -0.492 e. The lowest BCUT2D eigenvalue weighted by Gasteiger charge is -2.10. The normalized spacial score (nSPS) is 10.3. The number of ether oxygens (including phenoxy) is 1. The standard InChI is InChI=1S/C18H18ClN5O2/c19-15-2-4-16(5-3-15)26-11-9-21-18(25)22-13-14-6-8-20-17(12-14)24-10-1-7-23-24/h1-8,10,12H,9,11,13H2,(H2,21,22,25). The van der Waals surface area contributed by atoms with Gasteiger partial charge >= 0.3 is 6.03 Å². The van der Waals surface area contributed by atoms with E-state index in [2.05, 4.69) is 20.7 Å². The van der Waals surface area contributed by atoms with Gasteiger partial charge in [-0.25, -0.2) is 14.5 Å². The van der Waals surface area contributed by atoms with Gasteiger partial charge in [-0.3, -0.25) is 0 Å². The van der Waals surface area contributed by atoms with Crippen molar-refractivity contribution in [3.63, 3.8) is 0 Å². The van der Waals surface area contributed by atoms with Gasteiger partial charge in [0.05, 0.1) is 6.54 Å². The first kappa shape index (κ1) is 17.8. The van der Waals surface area contributed by atoms with Crippen LogP contribution >= 0.6 is 11.6 Å². The summed E-state index contributed by atoms with van der Waals surface area (Å²) < 4.78 is 7.18. The summed E-state index contributed by atoms with van der Waals surface area (Å²) in [4.78, 5) is 16.1. The van der Waals surface area contributed by atoms with Gasteiger partial charge in [0.1, 0.15) is 12.4 Å². The molecule has 0 saturated heterocycles. The molecule has 0 atom stereocenters. The van der Waals surface area contributed by atoms with Gasteiger partial charge < -0.3 is 15.4 Å². The lowest BCUT2D eigenvalue weighted by molar-refractivity contribution is 0.236. The number of rotatable bonds is 7. The van der Waals surface area contributed by atoms with Crippen molar-refractivity contribution in [1.29, 1.82) is 0 Å². The minimum atomic E-state index is -0.262. The molecule has 0 aliphatic rings. The Morgan fingerprint density at radius 2 is 2.00 bits per heavy atom. The number of hydrogen-bond acceptors (Lipinski definition) is 4. The zero-order chi connectivity index (χ0) is 18.2. The number of aromatic nitrogens is 3. The minimum absolute atomic E-state index is 0.262. The monoisotopic (exact) mass is 371 g/mol. The van der Waals surface area contributed by atoms with E-state index in [4.69, 9.17) is 16.3 Å². The highest BCUT2D eigenvalue weighted by molar-refractivity contribution is 6.30. The third-order valence-corrected chi connectivity index (χ3v) is 3.72. The molecule has 2 N–H and O–H groups in total. The number of benzene rings is 1. The third-order valence-electron chi connectivity index (χ3n) is 3.47. The summed E-state index contributed by atoms with van der Waals surface area (Å²) in [5, 5.41) is 10.3. The first-order valence-electron chi connectivity index (χ1n) is 8.06. The molecule has 0 aliphatic heterocycles. The highest BCUT2D eigenvalue weighted by atomic mass is 35.5. The Balaban J connectivity index is 1.39. The number of amides is 2. The number of nitrogens with zero attached hydrogens (tertiary/aromatic N) is 3. The molecule has 8 heteroatoms. The van der Waals surface area contributed by atoms with Gasteiger partial charge in [0.25, 0.3) is 0 Å². The molecule has 3 aromatic rings. The molecule has 7 nitrogen and oxygen atoms in total. The maximum Gasteiger partial charge on any atom is 0.315 e. The van der Waals surface area contributed by atoms with Crippen molar-refractivity contribution >= 4 is 17.6 Å². The van der Waals surface area contributed by atoms with Crippen LogP contribution in [0.5, 0.6) is 5.75 Å². The highest BCUT2D eigenvalue weighted by Crippen LogP contribution is 2.15. The molecule has 134 valence electrons. The maximum atomic E-state index is 11.9. The highest BCUT2D eigenvalue weighted by Gasteiger charge is 2.03. The SMILES string of the molecule is O=C(NCCOc1ccc(Cl)cc1)NCc1ccnc(-n2cccn2)c1. The predicted molar refractivity (Wildman–Crippen MR) is 98.5 cm³/mol. The fourth-order valence-corrected chi connectivity index (χ4v) is 2.34. The summed E-state index contributed by atoms with van der Waals surface area (Å²) in [5.41, 5.74) is 0.929. The molecule has 2 heterocycles. The van der Waals surface area contributed by atoms with Crippen molar-refractivity contribution in [3.05, 3.63) is 71.6 Å². The van der Waals surface area contributed by atoms with Crippen molar-refractivity contribution in [2.75, 3.05) is 13.2 Å². The van der Waals surface area contributed by atoms with Crippen molar-refractivity contribution in [2.24, 2.45) is 0 Å². The summed E-state index contributed by atoms with van der Waals surface area (Å²) in [7, 11) is 0. The van der Waals surface area contributed by atoms with Crippen LogP contribution in [0.3, 0.4) is 0 Å². The van der Waals surface area contributed by atoms with Gasteiger partial charge in [-0.15, -0.1) is 0 Å². The fourth-order valence-electron chi connectivity index (χ4n) is 2.21. The first-order valence-corrected chi connectivity index (χ1v) is 8.43. The summed E-state index contributed by atoms with van der Waals surface area (Å²) in [6.07, 6.45) is 5.19. The molecular formula is C18H18ClN5O2. The van der Waals surface area contributed by atoms with Gasteiger partial charge in [-0.05, 0) is 48.0 Å². The molecule has 0 bridgehead atoms. The van der Waals surface area contributed by atoms with E-state index in [-0.39, 0.29) is 6.03 Å². The Hall–Kier alpha value is -3.06. The van der Waals surface area contributed by atoms with Crippen molar-refractivity contribution in [2.45, 2.75) is 6.54 Å². The summed E-state index contributed by atoms with van der Waals surface area (Å²) in [6, 6.07) is 12.3. The average molecular weight is 372 g/mol. The van der Waals surface area contributed by atoms with Crippen LogP contribution in [-0.2, 0) is 6.54 Å². The largest absolute Gasteiger partial charge is 0.492 e. The summed E-state index contributed by atoms with van der Waals surface area (Å²) >= 11 is 5.81. The van der Waals surface area contributed by atoms with Crippen LogP contribution in [0.15, 0.2) is 61.1 Å². The van der Waals surface area contributed by atoms with Crippen molar-refractivity contribution in [3.8, 4) is 11.6 Å². The number of urea groups is 1.